The Hall–Kier alpha value is -2.89. The average molecular weight is 515 g/mol. The molecule has 0 bridgehead atoms. The molecule has 2 aliphatic heterocycles. The highest BCUT2D eigenvalue weighted by molar-refractivity contribution is 5.78. The number of aromatic nitrogens is 4. The van der Waals surface area contributed by atoms with E-state index in [0.717, 1.165) is 52.0 Å². The van der Waals surface area contributed by atoms with Gasteiger partial charge in [-0.05, 0) is 37.8 Å². The van der Waals surface area contributed by atoms with E-state index in [1.165, 1.54) is 4.57 Å². The van der Waals surface area contributed by atoms with Crippen LogP contribution in [-0.4, -0.2) is 89.2 Å². The summed E-state index contributed by atoms with van der Waals surface area (Å²) in [5.41, 5.74) is 1.06. The largest absolute Gasteiger partial charge is 0.474 e. The maximum atomic E-state index is 14.1. The molecular weight excluding hydrogens is 482 g/mol. The normalized spacial score (nSPS) is 23.6. The van der Waals surface area contributed by atoms with E-state index in [2.05, 4.69) is 9.88 Å². The zero-order chi connectivity index (χ0) is 25.2. The number of imidazole rings is 1. The van der Waals surface area contributed by atoms with Crippen molar-refractivity contribution >= 4 is 17.0 Å². The summed E-state index contributed by atoms with van der Waals surface area (Å²) in [4.78, 5) is 18.1. The lowest BCUT2D eigenvalue weighted by atomic mass is 9.91. The van der Waals surface area contributed by atoms with Gasteiger partial charge in [0.25, 0.3) is 6.43 Å². The molecule has 0 amide bonds. The molecule has 0 atom stereocenters. The molecule has 11 heteroatoms. The fourth-order valence-corrected chi connectivity index (χ4v) is 5.55. The number of hydrogen-bond acceptors (Lipinski definition) is 8. The van der Waals surface area contributed by atoms with Crippen molar-refractivity contribution in [1.82, 2.24) is 24.4 Å². The van der Waals surface area contributed by atoms with Gasteiger partial charge in [-0.2, -0.15) is 9.97 Å². The number of ether oxygens (including phenoxy) is 3. The molecule has 0 radical (unpaired) electrons. The highest BCUT2D eigenvalue weighted by Crippen LogP contribution is 2.31. The van der Waals surface area contributed by atoms with Gasteiger partial charge in [-0.15, -0.1) is 0 Å². The van der Waals surface area contributed by atoms with Gasteiger partial charge in [0.2, 0.25) is 11.8 Å². The SMILES string of the molecule is FC(F)c1nc2ccccc2n1-c1cc(OC2CCC(N3CCOCC3)CC2)nc(N2CCOCC2)n1. The molecule has 0 spiro atoms. The summed E-state index contributed by atoms with van der Waals surface area (Å²) in [7, 11) is 0. The number of alkyl halides is 2. The molecule has 0 N–H and O–H groups in total. The zero-order valence-corrected chi connectivity index (χ0v) is 20.8. The number of benzene rings is 1. The highest BCUT2D eigenvalue weighted by atomic mass is 19.3. The van der Waals surface area contributed by atoms with Crippen molar-refractivity contribution in [2.45, 2.75) is 44.3 Å². The molecule has 2 aromatic heterocycles. The van der Waals surface area contributed by atoms with E-state index in [-0.39, 0.29) is 11.9 Å². The number of halogens is 2. The van der Waals surface area contributed by atoms with Crippen LogP contribution in [0.15, 0.2) is 30.3 Å². The summed E-state index contributed by atoms with van der Waals surface area (Å²) in [6.07, 6.45) is 1.22. The van der Waals surface area contributed by atoms with Gasteiger partial charge in [0.1, 0.15) is 11.9 Å². The van der Waals surface area contributed by atoms with Crippen LogP contribution in [0.1, 0.15) is 37.9 Å². The Bertz CT molecular complexity index is 1200. The van der Waals surface area contributed by atoms with Gasteiger partial charge >= 0.3 is 0 Å². The number of anilines is 1. The molecule has 1 aliphatic carbocycles. The minimum absolute atomic E-state index is 0.0201. The second-order valence-corrected chi connectivity index (χ2v) is 9.76. The minimum atomic E-state index is -2.76. The van der Waals surface area contributed by atoms with Crippen molar-refractivity contribution in [3.63, 3.8) is 0 Å². The van der Waals surface area contributed by atoms with Crippen LogP contribution in [0.2, 0.25) is 0 Å². The van der Waals surface area contributed by atoms with E-state index in [1.54, 1.807) is 24.3 Å². The second kappa shape index (κ2) is 10.8. The number of nitrogens with zero attached hydrogens (tertiary/aromatic N) is 6. The third-order valence-electron chi connectivity index (χ3n) is 7.48. The predicted molar refractivity (Wildman–Crippen MR) is 134 cm³/mol. The molecule has 37 heavy (non-hydrogen) atoms. The molecule has 2 saturated heterocycles. The van der Waals surface area contributed by atoms with Gasteiger partial charge in [-0.1, -0.05) is 12.1 Å². The Kier molecular flexibility index (Phi) is 7.16. The quantitative estimate of drug-likeness (QED) is 0.494. The summed E-state index contributed by atoms with van der Waals surface area (Å²) >= 11 is 0. The fraction of sp³-hybridized carbons (Fsp3) is 0.577. The maximum Gasteiger partial charge on any atom is 0.296 e. The monoisotopic (exact) mass is 514 g/mol. The third kappa shape index (κ3) is 5.25. The lowest BCUT2D eigenvalue weighted by Crippen LogP contribution is -2.46. The van der Waals surface area contributed by atoms with Gasteiger partial charge in [0.05, 0.1) is 37.5 Å². The molecular formula is C26H32F2N6O3. The molecule has 4 heterocycles. The van der Waals surface area contributed by atoms with Crippen molar-refractivity contribution in [3.8, 4) is 11.7 Å². The number of rotatable bonds is 6. The number of fused-ring (bicyclic) bond motifs is 1. The second-order valence-electron chi connectivity index (χ2n) is 9.76. The van der Waals surface area contributed by atoms with Crippen molar-refractivity contribution in [2.24, 2.45) is 0 Å². The Balaban J connectivity index is 1.29. The molecule has 3 aromatic rings. The Morgan fingerprint density at radius 2 is 1.57 bits per heavy atom. The molecule has 198 valence electrons. The van der Waals surface area contributed by atoms with Crippen LogP contribution in [-0.2, 0) is 9.47 Å². The summed E-state index contributed by atoms with van der Waals surface area (Å²) in [5.74, 6) is 0.845. The van der Waals surface area contributed by atoms with E-state index < -0.39 is 6.43 Å². The van der Waals surface area contributed by atoms with Gasteiger partial charge < -0.3 is 19.1 Å². The summed E-state index contributed by atoms with van der Waals surface area (Å²) < 4.78 is 47.0. The van der Waals surface area contributed by atoms with Crippen LogP contribution in [0.4, 0.5) is 14.7 Å². The Morgan fingerprint density at radius 1 is 0.865 bits per heavy atom. The predicted octanol–water partition coefficient (Wildman–Crippen LogP) is 3.61. The smallest absolute Gasteiger partial charge is 0.296 e. The lowest BCUT2D eigenvalue weighted by molar-refractivity contribution is -0.00139. The molecule has 0 unspecified atom stereocenters. The van der Waals surface area contributed by atoms with Crippen LogP contribution >= 0.6 is 0 Å². The first-order valence-electron chi connectivity index (χ1n) is 13.1. The van der Waals surface area contributed by atoms with Crippen LogP contribution in [0.5, 0.6) is 5.88 Å². The topological polar surface area (TPSA) is 77.8 Å². The summed E-state index contributed by atoms with van der Waals surface area (Å²) in [6.45, 7) is 5.94. The first-order valence-corrected chi connectivity index (χ1v) is 13.1. The average Bonchev–Trinajstić information content (AvgIpc) is 3.35. The first kappa shape index (κ1) is 24.4. The Labute approximate surface area is 214 Å². The first-order chi connectivity index (χ1) is 18.2. The van der Waals surface area contributed by atoms with Crippen LogP contribution in [0.25, 0.3) is 16.9 Å². The van der Waals surface area contributed by atoms with Crippen molar-refractivity contribution in [1.29, 1.82) is 0 Å². The molecule has 9 nitrogen and oxygen atoms in total. The fourth-order valence-electron chi connectivity index (χ4n) is 5.55. The molecule has 6 rings (SSSR count). The van der Waals surface area contributed by atoms with Crippen LogP contribution in [0.3, 0.4) is 0 Å². The van der Waals surface area contributed by atoms with Crippen molar-refractivity contribution in [2.75, 3.05) is 57.5 Å². The van der Waals surface area contributed by atoms with E-state index in [0.29, 0.717) is 61.0 Å². The molecule has 3 fully saturated rings. The van der Waals surface area contributed by atoms with E-state index in [9.17, 15) is 8.78 Å². The number of hydrogen-bond donors (Lipinski definition) is 0. The van der Waals surface area contributed by atoms with Gasteiger partial charge in [0, 0.05) is 38.3 Å². The minimum Gasteiger partial charge on any atom is -0.474 e. The third-order valence-corrected chi connectivity index (χ3v) is 7.48. The van der Waals surface area contributed by atoms with Crippen LogP contribution in [0, 0.1) is 0 Å². The van der Waals surface area contributed by atoms with Gasteiger partial charge in [-0.25, -0.2) is 13.8 Å². The highest BCUT2D eigenvalue weighted by Gasteiger charge is 2.29. The molecule has 1 saturated carbocycles. The van der Waals surface area contributed by atoms with Gasteiger partial charge in [0.15, 0.2) is 5.82 Å². The van der Waals surface area contributed by atoms with Crippen molar-refractivity contribution in [3.05, 3.63) is 36.2 Å². The zero-order valence-electron chi connectivity index (χ0n) is 20.8. The molecule has 1 aromatic carbocycles. The van der Waals surface area contributed by atoms with Crippen LogP contribution < -0.4 is 9.64 Å². The van der Waals surface area contributed by atoms with Gasteiger partial charge in [-0.3, -0.25) is 9.47 Å². The maximum absolute atomic E-state index is 14.1. The standard InChI is InChI=1S/C26H32F2N6O3/c27-24(28)25-29-20-3-1-2-4-21(20)34(25)22-17-23(31-26(30-22)33-11-15-36-16-12-33)37-19-7-5-18(6-8-19)32-9-13-35-14-10-32/h1-4,17-19,24H,5-16H2. The summed E-state index contributed by atoms with van der Waals surface area (Å²) in [6, 6.07) is 9.32. The van der Waals surface area contributed by atoms with E-state index in [1.807, 2.05) is 11.0 Å². The van der Waals surface area contributed by atoms with E-state index in [4.69, 9.17) is 24.2 Å². The van der Waals surface area contributed by atoms with Crippen molar-refractivity contribution < 1.29 is 23.0 Å². The molecule has 3 aliphatic rings. The summed E-state index contributed by atoms with van der Waals surface area (Å²) in [5, 5.41) is 0. The lowest BCUT2D eigenvalue weighted by Gasteiger charge is -2.38. The number of morpholine rings is 2. The number of para-hydroxylation sites is 2. The van der Waals surface area contributed by atoms with E-state index >= 15 is 0 Å². The Morgan fingerprint density at radius 3 is 2.30 bits per heavy atom.